The molecule has 110 valence electrons. The smallest absolute Gasteiger partial charge is 0.379 e. The van der Waals surface area contributed by atoms with Gasteiger partial charge in [-0.1, -0.05) is 0 Å². The van der Waals surface area contributed by atoms with Crippen LogP contribution in [0.4, 0.5) is 30.2 Å². The molecule has 0 heterocycles. The summed E-state index contributed by atoms with van der Waals surface area (Å²) in [7, 11) is 0. The van der Waals surface area contributed by atoms with Crippen molar-refractivity contribution >= 4 is 17.1 Å². The molecule has 0 saturated carbocycles. The molecule has 0 radical (unpaired) electrons. The zero-order valence-corrected chi connectivity index (χ0v) is 10.0. The van der Waals surface area contributed by atoms with E-state index in [0.717, 1.165) is 18.2 Å². The van der Waals surface area contributed by atoms with E-state index in [1.54, 1.807) is 0 Å². The average molecular weight is 293 g/mol. The molecule has 0 unspecified atom stereocenters. The SMILES string of the molecule is O=[N+]([O-])c1ccc(NCCCC(F)(F)F)c([N+](=O)[O-])c1. The molecule has 20 heavy (non-hydrogen) atoms. The number of alkyl halides is 3. The summed E-state index contributed by atoms with van der Waals surface area (Å²) in [6.45, 7) is -0.127. The molecule has 0 bridgehead atoms. The van der Waals surface area contributed by atoms with E-state index < -0.39 is 33.8 Å². The largest absolute Gasteiger partial charge is 0.389 e. The lowest BCUT2D eigenvalue weighted by atomic mass is 10.2. The lowest BCUT2D eigenvalue weighted by molar-refractivity contribution is -0.393. The van der Waals surface area contributed by atoms with Gasteiger partial charge in [0.15, 0.2) is 0 Å². The van der Waals surface area contributed by atoms with Crippen molar-refractivity contribution < 1.29 is 23.0 Å². The highest BCUT2D eigenvalue weighted by molar-refractivity contribution is 5.65. The van der Waals surface area contributed by atoms with Gasteiger partial charge in [0.2, 0.25) is 0 Å². The Balaban J connectivity index is 2.75. The number of anilines is 1. The molecule has 0 aromatic heterocycles. The van der Waals surface area contributed by atoms with Crippen LogP contribution in [0.25, 0.3) is 0 Å². The molecule has 0 aliphatic rings. The summed E-state index contributed by atoms with van der Waals surface area (Å²) >= 11 is 0. The van der Waals surface area contributed by atoms with Gasteiger partial charge in [0.25, 0.3) is 11.4 Å². The van der Waals surface area contributed by atoms with Crippen LogP contribution in [0.3, 0.4) is 0 Å². The first-order chi connectivity index (χ1) is 9.20. The Hall–Kier alpha value is -2.39. The third-order valence-electron chi connectivity index (χ3n) is 2.34. The second-order valence-electron chi connectivity index (χ2n) is 3.86. The molecule has 7 nitrogen and oxygen atoms in total. The third-order valence-corrected chi connectivity index (χ3v) is 2.34. The Morgan fingerprint density at radius 3 is 2.30 bits per heavy atom. The van der Waals surface area contributed by atoms with Crippen LogP contribution in [0.1, 0.15) is 12.8 Å². The molecule has 1 rings (SSSR count). The highest BCUT2D eigenvalue weighted by Gasteiger charge is 2.26. The van der Waals surface area contributed by atoms with E-state index in [0.29, 0.717) is 0 Å². The highest BCUT2D eigenvalue weighted by Crippen LogP contribution is 2.29. The number of nitro groups is 2. The van der Waals surface area contributed by atoms with Gasteiger partial charge in [0.05, 0.1) is 15.9 Å². The molecule has 10 heteroatoms. The summed E-state index contributed by atoms with van der Waals surface area (Å²) in [5, 5.41) is 23.7. The maximum atomic E-state index is 11.9. The van der Waals surface area contributed by atoms with Gasteiger partial charge in [-0.05, 0) is 12.5 Å². The molecule has 0 saturated heterocycles. The van der Waals surface area contributed by atoms with Crippen LogP contribution < -0.4 is 5.32 Å². The molecule has 0 aliphatic carbocycles. The number of halogens is 3. The lowest BCUT2D eigenvalue weighted by Crippen LogP contribution is -2.11. The summed E-state index contributed by atoms with van der Waals surface area (Å²) in [4.78, 5) is 19.6. The zero-order chi connectivity index (χ0) is 15.3. The first-order valence-electron chi connectivity index (χ1n) is 5.44. The van der Waals surface area contributed by atoms with Gasteiger partial charge in [0, 0.05) is 19.0 Å². The fourth-order valence-corrected chi connectivity index (χ4v) is 1.45. The van der Waals surface area contributed by atoms with Crippen LogP contribution in [0.5, 0.6) is 0 Å². The van der Waals surface area contributed by atoms with E-state index in [1.807, 2.05) is 0 Å². The molecule has 0 amide bonds. The van der Waals surface area contributed by atoms with E-state index in [-0.39, 0.29) is 18.7 Å². The van der Waals surface area contributed by atoms with E-state index in [9.17, 15) is 33.4 Å². The second-order valence-corrected chi connectivity index (χ2v) is 3.86. The number of non-ortho nitro benzene ring substituents is 1. The molecule has 1 aromatic carbocycles. The fourth-order valence-electron chi connectivity index (χ4n) is 1.45. The van der Waals surface area contributed by atoms with Crippen LogP contribution in [0.15, 0.2) is 18.2 Å². The predicted octanol–water partition coefficient (Wildman–Crippen LogP) is 3.26. The first kappa shape index (κ1) is 15.7. The number of hydrogen-bond acceptors (Lipinski definition) is 5. The summed E-state index contributed by atoms with van der Waals surface area (Å²) in [5.74, 6) is 0. The van der Waals surface area contributed by atoms with Crippen molar-refractivity contribution in [3.8, 4) is 0 Å². The van der Waals surface area contributed by atoms with Crippen molar-refractivity contribution in [3.63, 3.8) is 0 Å². The number of nitrogens with one attached hydrogen (secondary N) is 1. The summed E-state index contributed by atoms with van der Waals surface area (Å²) in [6, 6.07) is 2.90. The van der Waals surface area contributed by atoms with Gasteiger partial charge in [-0.15, -0.1) is 0 Å². The van der Waals surface area contributed by atoms with E-state index >= 15 is 0 Å². The summed E-state index contributed by atoms with van der Waals surface area (Å²) < 4.78 is 35.8. The molecular formula is C10H10F3N3O4. The van der Waals surface area contributed by atoms with Gasteiger partial charge in [-0.2, -0.15) is 13.2 Å². The molecule has 0 fully saturated rings. The van der Waals surface area contributed by atoms with Gasteiger partial charge >= 0.3 is 6.18 Å². The van der Waals surface area contributed by atoms with E-state index in [4.69, 9.17) is 0 Å². The Morgan fingerprint density at radius 1 is 1.15 bits per heavy atom. The fraction of sp³-hybridized carbons (Fsp3) is 0.400. The topological polar surface area (TPSA) is 98.3 Å². The quantitative estimate of drug-likeness (QED) is 0.493. The molecule has 0 spiro atoms. The molecule has 0 atom stereocenters. The molecular weight excluding hydrogens is 283 g/mol. The van der Waals surface area contributed by atoms with Crippen LogP contribution in [0.2, 0.25) is 0 Å². The normalized spacial score (nSPS) is 11.2. The number of rotatable bonds is 6. The third kappa shape index (κ3) is 4.71. The van der Waals surface area contributed by atoms with Crippen molar-refractivity contribution in [1.29, 1.82) is 0 Å². The minimum Gasteiger partial charge on any atom is -0.379 e. The van der Waals surface area contributed by atoms with Gasteiger partial charge in [0.1, 0.15) is 5.69 Å². The Labute approximate surface area is 110 Å². The Morgan fingerprint density at radius 2 is 1.80 bits per heavy atom. The van der Waals surface area contributed by atoms with Crippen molar-refractivity contribution in [2.45, 2.75) is 19.0 Å². The highest BCUT2D eigenvalue weighted by atomic mass is 19.4. The number of nitrogens with zero attached hydrogens (tertiary/aromatic N) is 2. The maximum absolute atomic E-state index is 11.9. The van der Waals surface area contributed by atoms with E-state index in [2.05, 4.69) is 5.32 Å². The Bertz CT molecular complexity index is 519. The van der Waals surface area contributed by atoms with Gasteiger partial charge in [-0.3, -0.25) is 20.2 Å². The van der Waals surface area contributed by atoms with Crippen LogP contribution >= 0.6 is 0 Å². The lowest BCUT2D eigenvalue weighted by Gasteiger charge is -2.08. The number of hydrogen-bond donors (Lipinski definition) is 1. The number of benzene rings is 1. The van der Waals surface area contributed by atoms with Crippen molar-refractivity contribution in [3.05, 3.63) is 38.4 Å². The molecule has 1 N–H and O–H groups in total. The molecule has 1 aromatic rings. The molecule has 0 aliphatic heterocycles. The van der Waals surface area contributed by atoms with Crippen LogP contribution in [0, 0.1) is 20.2 Å². The number of nitro benzene ring substituents is 2. The monoisotopic (exact) mass is 293 g/mol. The first-order valence-corrected chi connectivity index (χ1v) is 5.44. The second kappa shape index (κ2) is 6.17. The van der Waals surface area contributed by atoms with Crippen molar-refractivity contribution in [2.24, 2.45) is 0 Å². The zero-order valence-electron chi connectivity index (χ0n) is 10.0. The Kier molecular flexibility index (Phi) is 4.83. The minimum atomic E-state index is -4.29. The summed E-state index contributed by atoms with van der Waals surface area (Å²) in [6.07, 6.45) is -5.55. The predicted molar refractivity (Wildman–Crippen MR) is 63.5 cm³/mol. The van der Waals surface area contributed by atoms with Crippen molar-refractivity contribution in [2.75, 3.05) is 11.9 Å². The van der Waals surface area contributed by atoms with Crippen LogP contribution in [-0.4, -0.2) is 22.6 Å². The van der Waals surface area contributed by atoms with Crippen LogP contribution in [-0.2, 0) is 0 Å². The van der Waals surface area contributed by atoms with Crippen molar-refractivity contribution in [1.82, 2.24) is 0 Å². The van der Waals surface area contributed by atoms with Gasteiger partial charge in [-0.25, -0.2) is 0 Å². The minimum absolute atomic E-state index is 0.0530. The van der Waals surface area contributed by atoms with E-state index in [1.165, 1.54) is 0 Å². The summed E-state index contributed by atoms with van der Waals surface area (Å²) in [5.41, 5.74) is -1.06. The average Bonchev–Trinajstić information content (AvgIpc) is 2.33. The van der Waals surface area contributed by atoms with Gasteiger partial charge < -0.3 is 5.32 Å². The standard InChI is InChI=1S/C10H10F3N3O4/c11-10(12,13)4-1-5-14-8-3-2-7(15(17)18)6-9(8)16(19)20/h2-3,6,14H,1,4-5H2. The maximum Gasteiger partial charge on any atom is 0.389 e.